The van der Waals surface area contributed by atoms with E-state index >= 15 is 0 Å². The normalized spacial score (nSPS) is 13.5. The van der Waals surface area contributed by atoms with E-state index in [0.717, 1.165) is 11.8 Å². The molecule has 6 nitrogen and oxygen atoms in total. The van der Waals surface area contributed by atoms with Gasteiger partial charge in [0.25, 0.3) is 0 Å². The Labute approximate surface area is 155 Å². The number of benzene rings is 1. The molecule has 0 bridgehead atoms. The van der Waals surface area contributed by atoms with Gasteiger partial charge in [0.15, 0.2) is 0 Å². The van der Waals surface area contributed by atoms with Gasteiger partial charge < -0.3 is 14.8 Å². The number of amides is 1. The number of rotatable bonds is 10. The maximum absolute atomic E-state index is 12.2. The van der Waals surface area contributed by atoms with Crippen molar-refractivity contribution in [2.24, 2.45) is 0 Å². The van der Waals surface area contributed by atoms with E-state index in [4.69, 9.17) is 4.74 Å². The van der Waals surface area contributed by atoms with Crippen LogP contribution in [-0.4, -0.2) is 42.4 Å². The number of hydrogen-bond acceptors (Lipinski definition) is 5. The van der Waals surface area contributed by atoms with Crippen LogP contribution in [0.3, 0.4) is 0 Å². The highest BCUT2D eigenvalue weighted by Gasteiger charge is 2.18. The third-order valence-electron chi connectivity index (χ3n) is 3.68. The molecule has 1 rings (SSSR count). The average Bonchev–Trinajstić information content (AvgIpc) is 2.57. The first-order valence-corrected chi connectivity index (χ1v) is 8.96. The molecule has 0 aliphatic rings. The predicted octanol–water partition coefficient (Wildman–Crippen LogP) is 2.65. The fraction of sp³-hybridized carbons (Fsp3) is 0.550. The molecule has 0 aliphatic carbocycles. The molecule has 0 aromatic heterocycles. The van der Waals surface area contributed by atoms with Crippen LogP contribution in [0.25, 0.3) is 0 Å². The van der Waals surface area contributed by atoms with E-state index in [1.807, 2.05) is 30.3 Å². The second-order valence-electron chi connectivity index (χ2n) is 7.32. The zero-order valence-corrected chi connectivity index (χ0v) is 16.1. The first-order chi connectivity index (χ1) is 12.2. The van der Waals surface area contributed by atoms with Crippen LogP contribution < -0.4 is 10.6 Å². The largest absolute Gasteiger partial charge is 0.444 e. The summed E-state index contributed by atoms with van der Waals surface area (Å²) in [7, 11) is 0. The molecule has 0 saturated heterocycles. The number of alkyl carbamates (subject to hydrolysis) is 1. The van der Waals surface area contributed by atoms with Gasteiger partial charge in [-0.1, -0.05) is 30.3 Å². The summed E-state index contributed by atoms with van der Waals surface area (Å²) in [4.78, 5) is 35.0. The number of ether oxygens (including phenoxy) is 1. The summed E-state index contributed by atoms with van der Waals surface area (Å²) in [6.45, 7) is 7.51. The topological polar surface area (TPSA) is 84.5 Å². The van der Waals surface area contributed by atoms with Crippen molar-refractivity contribution in [1.29, 1.82) is 0 Å². The molecule has 0 radical (unpaired) electrons. The zero-order chi connectivity index (χ0) is 19.6. The van der Waals surface area contributed by atoms with Gasteiger partial charge in [0.1, 0.15) is 17.7 Å². The van der Waals surface area contributed by atoms with Crippen molar-refractivity contribution in [2.75, 3.05) is 6.54 Å². The molecule has 2 atom stereocenters. The Bertz CT molecular complexity index is 581. The maximum Gasteiger partial charge on any atom is 0.407 e. The SMILES string of the molecule is CC(N[C@H](C=O)Cc1ccccc1)C(=O)CCCNC(=O)OC(C)(C)C. The highest BCUT2D eigenvalue weighted by atomic mass is 16.6. The second kappa shape index (κ2) is 10.7. The van der Waals surface area contributed by atoms with Gasteiger partial charge in [0, 0.05) is 13.0 Å². The predicted molar refractivity (Wildman–Crippen MR) is 101 cm³/mol. The number of hydrogen-bond donors (Lipinski definition) is 2. The highest BCUT2D eigenvalue weighted by Crippen LogP contribution is 2.07. The summed E-state index contributed by atoms with van der Waals surface area (Å²) >= 11 is 0. The van der Waals surface area contributed by atoms with E-state index in [1.165, 1.54) is 0 Å². The minimum atomic E-state index is -0.541. The van der Waals surface area contributed by atoms with Crippen molar-refractivity contribution in [3.05, 3.63) is 35.9 Å². The monoisotopic (exact) mass is 362 g/mol. The lowest BCUT2D eigenvalue weighted by atomic mass is 10.0. The van der Waals surface area contributed by atoms with Gasteiger partial charge in [-0.05, 0) is 46.1 Å². The molecule has 0 aliphatic heterocycles. The van der Waals surface area contributed by atoms with Crippen LogP contribution in [-0.2, 0) is 20.7 Å². The van der Waals surface area contributed by atoms with Gasteiger partial charge in [-0.2, -0.15) is 0 Å². The number of carbonyl (C=O) groups is 3. The second-order valence-corrected chi connectivity index (χ2v) is 7.32. The van der Waals surface area contributed by atoms with Crippen molar-refractivity contribution in [3.8, 4) is 0 Å². The van der Waals surface area contributed by atoms with Gasteiger partial charge in [-0.25, -0.2) is 4.79 Å². The van der Waals surface area contributed by atoms with Crippen LogP contribution in [0.5, 0.6) is 0 Å². The third kappa shape index (κ3) is 9.32. The van der Waals surface area contributed by atoms with Crippen molar-refractivity contribution in [2.45, 2.75) is 64.6 Å². The maximum atomic E-state index is 12.2. The lowest BCUT2D eigenvalue weighted by Gasteiger charge is -2.20. The third-order valence-corrected chi connectivity index (χ3v) is 3.68. The standard InChI is InChI=1S/C20H30N2O4/c1-15(22-17(14-23)13-16-9-6-5-7-10-16)18(24)11-8-12-21-19(25)26-20(2,3)4/h5-7,9-10,14-15,17,22H,8,11-13H2,1-4H3,(H,21,25)/t15?,17-/m0/s1. The number of carbonyl (C=O) groups excluding carboxylic acids is 3. The summed E-state index contributed by atoms with van der Waals surface area (Å²) < 4.78 is 5.13. The average molecular weight is 362 g/mol. The molecule has 26 heavy (non-hydrogen) atoms. The summed E-state index contributed by atoms with van der Waals surface area (Å²) in [6.07, 6.45) is 1.73. The van der Waals surface area contributed by atoms with E-state index in [9.17, 15) is 14.4 Å². The number of ketones is 1. The van der Waals surface area contributed by atoms with Crippen molar-refractivity contribution >= 4 is 18.2 Å². The van der Waals surface area contributed by atoms with Crippen molar-refractivity contribution in [1.82, 2.24) is 10.6 Å². The first-order valence-electron chi connectivity index (χ1n) is 8.96. The molecule has 1 amide bonds. The Morgan fingerprint density at radius 1 is 1.19 bits per heavy atom. The lowest BCUT2D eigenvalue weighted by Crippen LogP contribution is -2.43. The molecule has 1 aromatic rings. The minimum Gasteiger partial charge on any atom is -0.444 e. The van der Waals surface area contributed by atoms with E-state index in [2.05, 4.69) is 10.6 Å². The Kier molecular flexibility index (Phi) is 8.99. The molecule has 0 heterocycles. The molecule has 6 heteroatoms. The van der Waals surface area contributed by atoms with Crippen LogP contribution in [0.1, 0.15) is 46.1 Å². The van der Waals surface area contributed by atoms with Gasteiger partial charge >= 0.3 is 6.09 Å². The van der Waals surface area contributed by atoms with Crippen molar-refractivity contribution in [3.63, 3.8) is 0 Å². The zero-order valence-electron chi connectivity index (χ0n) is 16.1. The van der Waals surface area contributed by atoms with E-state index < -0.39 is 23.8 Å². The van der Waals surface area contributed by atoms with Crippen LogP contribution in [0.2, 0.25) is 0 Å². The smallest absolute Gasteiger partial charge is 0.407 e. The van der Waals surface area contributed by atoms with Crippen LogP contribution in [0.4, 0.5) is 4.79 Å². The highest BCUT2D eigenvalue weighted by molar-refractivity contribution is 5.84. The first kappa shape index (κ1) is 21.8. The lowest BCUT2D eigenvalue weighted by molar-refractivity contribution is -0.121. The van der Waals surface area contributed by atoms with Gasteiger partial charge in [-0.3, -0.25) is 10.1 Å². The summed E-state index contributed by atoms with van der Waals surface area (Å²) in [6, 6.07) is 8.84. The molecule has 1 aromatic carbocycles. The molecule has 1 unspecified atom stereocenters. The molecule has 2 N–H and O–H groups in total. The quantitative estimate of drug-likeness (QED) is 0.494. The number of Topliss-reactive ketones (excluding diaryl/α,β-unsaturated/α-hetero) is 1. The molecular weight excluding hydrogens is 332 g/mol. The summed E-state index contributed by atoms with van der Waals surface area (Å²) in [5.74, 6) is 0.0101. The molecule has 0 fully saturated rings. The molecule has 144 valence electrons. The Morgan fingerprint density at radius 3 is 2.42 bits per heavy atom. The van der Waals surface area contributed by atoms with Gasteiger partial charge in [0.05, 0.1) is 12.1 Å². The Balaban J connectivity index is 2.31. The number of aldehydes is 1. The van der Waals surface area contributed by atoms with Crippen LogP contribution in [0.15, 0.2) is 30.3 Å². The minimum absolute atomic E-state index is 0.0101. The van der Waals surface area contributed by atoms with Crippen LogP contribution >= 0.6 is 0 Å². The van der Waals surface area contributed by atoms with Gasteiger partial charge in [-0.15, -0.1) is 0 Å². The Hall–Kier alpha value is -2.21. The molecule has 0 saturated carbocycles. The fourth-order valence-corrected chi connectivity index (χ4v) is 2.41. The van der Waals surface area contributed by atoms with E-state index in [-0.39, 0.29) is 5.78 Å². The van der Waals surface area contributed by atoms with E-state index in [1.54, 1.807) is 27.7 Å². The summed E-state index contributed by atoms with van der Waals surface area (Å²) in [5.41, 5.74) is 0.499. The van der Waals surface area contributed by atoms with Crippen molar-refractivity contribution < 1.29 is 19.1 Å². The van der Waals surface area contributed by atoms with Crippen LogP contribution in [0, 0.1) is 0 Å². The fourth-order valence-electron chi connectivity index (χ4n) is 2.41. The number of nitrogens with one attached hydrogen (secondary N) is 2. The summed E-state index contributed by atoms with van der Waals surface area (Å²) in [5, 5.41) is 5.69. The molecular formula is C20H30N2O4. The van der Waals surface area contributed by atoms with Gasteiger partial charge in [0.2, 0.25) is 0 Å². The molecule has 0 spiro atoms. The van der Waals surface area contributed by atoms with E-state index in [0.29, 0.717) is 25.8 Å². The Morgan fingerprint density at radius 2 is 1.85 bits per heavy atom.